The number of nitrogens with zero attached hydrogens (tertiary/aromatic N) is 2. The number of benzene rings is 2. The molecule has 1 heterocycles. The number of nitrogens with one attached hydrogen (secondary N) is 1. The Morgan fingerprint density at radius 2 is 1.66 bits per heavy atom. The Bertz CT molecular complexity index is 917. The summed E-state index contributed by atoms with van der Waals surface area (Å²) in [4.78, 5) is 29.4. The maximum atomic E-state index is 12.3. The van der Waals surface area contributed by atoms with Gasteiger partial charge in [-0.2, -0.15) is 0 Å². The molecule has 1 fully saturated rings. The van der Waals surface area contributed by atoms with Crippen LogP contribution in [0.25, 0.3) is 0 Å². The lowest BCUT2D eigenvalue weighted by atomic mass is 10.0. The number of hydrogen-bond donors (Lipinski definition) is 1. The van der Waals surface area contributed by atoms with Crippen LogP contribution in [0, 0.1) is 20.8 Å². The van der Waals surface area contributed by atoms with Gasteiger partial charge in [0.05, 0.1) is 0 Å². The van der Waals surface area contributed by atoms with Gasteiger partial charge in [-0.3, -0.25) is 14.5 Å². The fourth-order valence-electron chi connectivity index (χ4n) is 4.12. The SMILES string of the molecule is Cc1cccc(N2CCN(CCCCNC(=O)CCC(=O)c3ccc(C)c(C)c3)CC2)c1. The number of rotatable bonds is 10. The molecular weight excluding hydrogens is 398 g/mol. The normalized spacial score (nSPS) is 14.4. The Morgan fingerprint density at radius 3 is 2.38 bits per heavy atom. The van der Waals surface area contributed by atoms with Gasteiger partial charge in [-0.1, -0.05) is 24.3 Å². The van der Waals surface area contributed by atoms with Gasteiger partial charge in [-0.05, 0) is 75.0 Å². The molecule has 5 nitrogen and oxygen atoms in total. The van der Waals surface area contributed by atoms with Crippen LogP contribution in [0.4, 0.5) is 5.69 Å². The first-order valence-electron chi connectivity index (χ1n) is 11.8. The highest BCUT2D eigenvalue weighted by atomic mass is 16.2. The van der Waals surface area contributed by atoms with Crippen LogP contribution in [0.5, 0.6) is 0 Å². The lowest BCUT2D eigenvalue weighted by Crippen LogP contribution is -2.46. The van der Waals surface area contributed by atoms with E-state index in [0.29, 0.717) is 12.1 Å². The van der Waals surface area contributed by atoms with Gasteiger partial charge in [-0.25, -0.2) is 0 Å². The zero-order chi connectivity index (χ0) is 22.9. The van der Waals surface area contributed by atoms with Crippen LogP contribution in [0.3, 0.4) is 0 Å². The molecule has 0 saturated carbocycles. The maximum absolute atomic E-state index is 12.3. The van der Waals surface area contributed by atoms with E-state index in [1.807, 2.05) is 32.0 Å². The number of carbonyl (C=O) groups is 2. The van der Waals surface area contributed by atoms with Crippen LogP contribution in [-0.4, -0.2) is 55.9 Å². The minimum Gasteiger partial charge on any atom is -0.369 e. The van der Waals surface area contributed by atoms with Gasteiger partial charge in [0.1, 0.15) is 0 Å². The van der Waals surface area contributed by atoms with Crippen LogP contribution in [0.2, 0.25) is 0 Å². The van der Waals surface area contributed by atoms with Crippen molar-refractivity contribution in [1.29, 1.82) is 0 Å². The van der Waals surface area contributed by atoms with Crippen LogP contribution < -0.4 is 10.2 Å². The monoisotopic (exact) mass is 435 g/mol. The second-order valence-corrected chi connectivity index (χ2v) is 8.95. The molecule has 1 aliphatic rings. The summed E-state index contributed by atoms with van der Waals surface area (Å²) < 4.78 is 0. The molecule has 0 radical (unpaired) electrons. The molecule has 3 rings (SSSR count). The van der Waals surface area contributed by atoms with Gasteiger partial charge >= 0.3 is 0 Å². The van der Waals surface area contributed by atoms with E-state index in [0.717, 1.165) is 51.1 Å². The van der Waals surface area contributed by atoms with Gasteiger partial charge in [0.15, 0.2) is 5.78 Å². The van der Waals surface area contributed by atoms with Gasteiger partial charge < -0.3 is 10.2 Å². The average Bonchev–Trinajstić information content (AvgIpc) is 2.79. The molecule has 1 amide bonds. The van der Waals surface area contributed by atoms with Crippen molar-refractivity contribution in [3.05, 3.63) is 64.7 Å². The van der Waals surface area contributed by atoms with E-state index in [1.165, 1.54) is 16.8 Å². The molecule has 0 atom stereocenters. The number of hydrogen-bond acceptors (Lipinski definition) is 4. The summed E-state index contributed by atoms with van der Waals surface area (Å²) in [5, 5.41) is 2.96. The standard InChI is InChI=1S/C27H37N3O2/c1-21-7-6-8-25(19-21)30-17-15-29(16-18-30)14-5-4-13-28-27(32)12-11-26(31)24-10-9-22(2)23(3)20-24/h6-10,19-20H,4-5,11-18H2,1-3H3,(H,28,32). The summed E-state index contributed by atoms with van der Waals surface area (Å²) in [5.41, 5.74) is 5.61. The topological polar surface area (TPSA) is 52.6 Å². The minimum absolute atomic E-state index is 0.0334. The summed E-state index contributed by atoms with van der Waals surface area (Å²) in [5.74, 6) is 0.00186. The Morgan fingerprint density at radius 1 is 0.875 bits per heavy atom. The minimum atomic E-state index is -0.0334. The summed E-state index contributed by atoms with van der Waals surface area (Å²) in [6.07, 6.45) is 2.56. The third-order valence-electron chi connectivity index (χ3n) is 6.37. The number of aryl methyl sites for hydroxylation is 3. The van der Waals surface area contributed by atoms with E-state index in [2.05, 4.69) is 46.3 Å². The van der Waals surface area contributed by atoms with Crippen molar-refractivity contribution < 1.29 is 9.59 Å². The zero-order valence-corrected chi connectivity index (χ0v) is 19.8. The average molecular weight is 436 g/mol. The van der Waals surface area contributed by atoms with Crippen molar-refractivity contribution in [2.24, 2.45) is 0 Å². The van der Waals surface area contributed by atoms with Gasteiger partial charge in [0.2, 0.25) is 5.91 Å². The Balaban J connectivity index is 1.25. The maximum Gasteiger partial charge on any atom is 0.220 e. The smallest absolute Gasteiger partial charge is 0.220 e. The lowest BCUT2D eigenvalue weighted by molar-refractivity contribution is -0.121. The Kier molecular flexibility index (Phi) is 8.86. The van der Waals surface area contributed by atoms with E-state index in [9.17, 15) is 9.59 Å². The van der Waals surface area contributed by atoms with E-state index >= 15 is 0 Å². The van der Waals surface area contributed by atoms with E-state index in [1.54, 1.807) is 0 Å². The Labute approximate surface area is 192 Å². The quantitative estimate of drug-likeness (QED) is 0.447. The van der Waals surface area contributed by atoms with Crippen molar-refractivity contribution in [2.75, 3.05) is 44.2 Å². The number of ketones is 1. The van der Waals surface area contributed by atoms with Crippen molar-refractivity contribution in [2.45, 2.75) is 46.5 Å². The summed E-state index contributed by atoms with van der Waals surface area (Å²) in [6.45, 7) is 12.2. The lowest BCUT2D eigenvalue weighted by Gasteiger charge is -2.36. The largest absolute Gasteiger partial charge is 0.369 e. The highest BCUT2D eigenvalue weighted by molar-refractivity contribution is 5.98. The van der Waals surface area contributed by atoms with Gasteiger partial charge in [0.25, 0.3) is 0 Å². The van der Waals surface area contributed by atoms with E-state index < -0.39 is 0 Å². The molecule has 0 spiro atoms. The first-order valence-corrected chi connectivity index (χ1v) is 11.8. The fourth-order valence-corrected chi connectivity index (χ4v) is 4.12. The molecule has 1 N–H and O–H groups in total. The van der Waals surface area contributed by atoms with Crippen LogP contribution in [0.15, 0.2) is 42.5 Å². The molecule has 0 aliphatic carbocycles. The molecule has 172 valence electrons. The van der Waals surface area contributed by atoms with E-state index in [-0.39, 0.29) is 24.5 Å². The molecule has 32 heavy (non-hydrogen) atoms. The molecule has 2 aromatic rings. The molecule has 0 unspecified atom stereocenters. The third kappa shape index (κ3) is 7.20. The fraction of sp³-hybridized carbons (Fsp3) is 0.481. The van der Waals surface area contributed by atoms with Crippen molar-refractivity contribution >= 4 is 17.4 Å². The number of carbonyl (C=O) groups excluding carboxylic acids is 2. The molecule has 2 aromatic carbocycles. The molecule has 0 aromatic heterocycles. The first-order chi connectivity index (χ1) is 15.4. The Hall–Kier alpha value is -2.66. The zero-order valence-electron chi connectivity index (χ0n) is 19.8. The molecule has 5 heteroatoms. The van der Waals surface area contributed by atoms with Crippen LogP contribution >= 0.6 is 0 Å². The number of Topliss-reactive ketones (excluding diaryl/α,β-unsaturated/α-hetero) is 1. The number of amides is 1. The predicted molar refractivity (Wildman–Crippen MR) is 132 cm³/mol. The molecule has 0 bridgehead atoms. The second kappa shape index (κ2) is 11.8. The van der Waals surface area contributed by atoms with E-state index in [4.69, 9.17) is 0 Å². The number of piperazine rings is 1. The molecule has 1 saturated heterocycles. The first kappa shape index (κ1) is 24.0. The second-order valence-electron chi connectivity index (χ2n) is 8.95. The summed E-state index contributed by atoms with van der Waals surface area (Å²) >= 11 is 0. The highest BCUT2D eigenvalue weighted by Gasteiger charge is 2.17. The highest BCUT2D eigenvalue weighted by Crippen LogP contribution is 2.18. The van der Waals surface area contributed by atoms with Crippen LogP contribution in [0.1, 0.15) is 52.7 Å². The molecular formula is C27H37N3O2. The van der Waals surface area contributed by atoms with Crippen molar-refractivity contribution in [1.82, 2.24) is 10.2 Å². The third-order valence-corrected chi connectivity index (χ3v) is 6.37. The van der Waals surface area contributed by atoms with Crippen molar-refractivity contribution in [3.8, 4) is 0 Å². The van der Waals surface area contributed by atoms with Gasteiger partial charge in [-0.15, -0.1) is 0 Å². The molecule has 1 aliphatic heterocycles. The van der Waals surface area contributed by atoms with Crippen molar-refractivity contribution in [3.63, 3.8) is 0 Å². The predicted octanol–water partition coefficient (Wildman–Crippen LogP) is 4.29. The van der Waals surface area contributed by atoms with Gasteiger partial charge in [0, 0.05) is 56.8 Å². The number of unbranched alkanes of at least 4 members (excludes halogenated alkanes) is 1. The summed E-state index contributed by atoms with van der Waals surface area (Å²) in [6, 6.07) is 14.4. The summed E-state index contributed by atoms with van der Waals surface area (Å²) in [7, 11) is 0. The van der Waals surface area contributed by atoms with Crippen LogP contribution in [-0.2, 0) is 4.79 Å². The number of anilines is 1.